The van der Waals surface area contributed by atoms with E-state index in [-0.39, 0.29) is 18.4 Å². The Bertz CT molecular complexity index is 1050. The standard InChI is InChI=1S/C19H10F19O/c1-2-5-8-6-3-4-7-9(8)39-11(21)10(20)12(22,23)13(24,25)14(26,27)15(28,29)16(30,31)17(32,33)18(34,35)19(36,37)38/h3-4,6-7H,1-2,5H2. The lowest BCUT2D eigenvalue weighted by molar-refractivity contribution is -0.460. The van der Waals surface area contributed by atoms with E-state index < -0.39 is 65.2 Å². The van der Waals surface area contributed by atoms with E-state index >= 15 is 0 Å². The fraction of sp³-hybridized carbons (Fsp3) is 0.526. The normalized spacial score (nSPS) is 15.8. The summed E-state index contributed by atoms with van der Waals surface area (Å²) in [5, 5.41) is 0. The fourth-order valence-electron chi connectivity index (χ4n) is 2.57. The average Bonchev–Trinajstić information content (AvgIpc) is 2.78. The van der Waals surface area contributed by atoms with Gasteiger partial charge in [0.25, 0.3) is 0 Å². The molecule has 0 unspecified atom stereocenters. The van der Waals surface area contributed by atoms with Crippen LogP contribution in [0.3, 0.4) is 0 Å². The summed E-state index contributed by atoms with van der Waals surface area (Å²) in [6.45, 7) is 3.29. The molecule has 1 rings (SSSR count). The van der Waals surface area contributed by atoms with Crippen LogP contribution in [0.5, 0.6) is 5.75 Å². The van der Waals surface area contributed by atoms with E-state index in [2.05, 4.69) is 11.7 Å². The molecule has 0 spiro atoms. The molecule has 0 aliphatic heterocycles. The minimum Gasteiger partial charge on any atom is -0.429 e. The van der Waals surface area contributed by atoms with Crippen molar-refractivity contribution >= 4 is 0 Å². The van der Waals surface area contributed by atoms with Gasteiger partial charge in [-0.25, -0.2) is 0 Å². The minimum atomic E-state index is -8.91. The van der Waals surface area contributed by atoms with Crippen LogP contribution in [-0.4, -0.2) is 47.6 Å². The molecule has 0 aromatic heterocycles. The first kappa shape index (κ1) is 34.5. The Morgan fingerprint density at radius 2 is 0.974 bits per heavy atom. The molecule has 0 aliphatic rings. The largest absolute Gasteiger partial charge is 0.460 e. The van der Waals surface area contributed by atoms with Crippen molar-refractivity contribution in [3.63, 3.8) is 0 Å². The maximum Gasteiger partial charge on any atom is 0.460 e. The third-order valence-electron chi connectivity index (χ3n) is 4.79. The van der Waals surface area contributed by atoms with E-state index in [0.29, 0.717) is 6.07 Å². The zero-order valence-corrected chi connectivity index (χ0v) is 18.0. The quantitative estimate of drug-likeness (QED) is 0.179. The molecule has 0 atom stereocenters. The molecule has 225 valence electrons. The second-order valence-corrected chi connectivity index (χ2v) is 7.42. The van der Waals surface area contributed by atoms with Crippen molar-refractivity contribution in [2.75, 3.05) is 0 Å². The Morgan fingerprint density at radius 3 is 1.38 bits per heavy atom. The Labute approximate surface area is 204 Å². The molecule has 0 amide bonds. The predicted molar refractivity (Wildman–Crippen MR) is 90.7 cm³/mol. The number of halogens is 19. The molecule has 39 heavy (non-hydrogen) atoms. The third kappa shape index (κ3) is 5.06. The van der Waals surface area contributed by atoms with Crippen molar-refractivity contribution in [3.05, 3.63) is 48.6 Å². The number of para-hydroxylation sites is 1. The van der Waals surface area contributed by atoms with Crippen LogP contribution in [0.4, 0.5) is 83.4 Å². The maximum atomic E-state index is 13.9. The molecule has 0 saturated carbocycles. The molecule has 0 saturated heterocycles. The van der Waals surface area contributed by atoms with E-state index in [0.717, 1.165) is 12.1 Å². The molecule has 0 bridgehead atoms. The lowest BCUT2D eigenvalue weighted by Crippen LogP contribution is -2.74. The second kappa shape index (κ2) is 10.1. The van der Waals surface area contributed by atoms with Crippen LogP contribution in [0.1, 0.15) is 12.0 Å². The van der Waals surface area contributed by atoms with Gasteiger partial charge in [-0.15, -0.1) is 0 Å². The molecule has 0 N–H and O–H groups in total. The van der Waals surface area contributed by atoms with Crippen LogP contribution >= 0.6 is 0 Å². The number of ether oxygens (including phenoxy) is 1. The van der Waals surface area contributed by atoms with Gasteiger partial charge in [0, 0.05) is 0 Å². The molecular weight excluding hydrogens is 605 g/mol. The number of hydrogen-bond donors (Lipinski definition) is 0. The van der Waals surface area contributed by atoms with Crippen molar-refractivity contribution in [1.82, 2.24) is 0 Å². The number of rotatable bonds is 11. The van der Waals surface area contributed by atoms with E-state index in [1.807, 2.05) is 0 Å². The van der Waals surface area contributed by atoms with Crippen LogP contribution in [0.2, 0.25) is 0 Å². The van der Waals surface area contributed by atoms with Crippen molar-refractivity contribution in [2.45, 2.75) is 60.5 Å². The van der Waals surface area contributed by atoms with E-state index in [4.69, 9.17) is 0 Å². The summed E-state index contributed by atoms with van der Waals surface area (Å²) in [4.78, 5) is 0. The number of alkyl halides is 17. The van der Waals surface area contributed by atoms with Crippen LogP contribution in [0, 0.1) is 6.92 Å². The molecule has 0 aliphatic carbocycles. The molecule has 0 heterocycles. The number of benzene rings is 1. The van der Waals surface area contributed by atoms with Crippen LogP contribution in [0.25, 0.3) is 0 Å². The Morgan fingerprint density at radius 1 is 0.590 bits per heavy atom. The number of aryl methyl sites for hydroxylation is 1. The van der Waals surface area contributed by atoms with Gasteiger partial charge in [0.2, 0.25) is 5.83 Å². The number of hydrogen-bond acceptors (Lipinski definition) is 1. The smallest absolute Gasteiger partial charge is 0.429 e. The summed E-state index contributed by atoms with van der Waals surface area (Å²) in [5.74, 6) is -65.2. The summed E-state index contributed by atoms with van der Waals surface area (Å²) in [6.07, 6.45) is -8.18. The Kier molecular flexibility index (Phi) is 8.94. The highest BCUT2D eigenvalue weighted by molar-refractivity contribution is 5.35. The summed E-state index contributed by atoms with van der Waals surface area (Å²) < 4.78 is 256. The zero-order chi connectivity index (χ0) is 31.3. The van der Waals surface area contributed by atoms with Crippen LogP contribution in [0.15, 0.2) is 36.1 Å². The minimum absolute atomic E-state index is 0.0596. The van der Waals surface area contributed by atoms with E-state index in [1.165, 1.54) is 6.07 Å². The molecule has 1 aromatic carbocycles. The molecule has 20 heteroatoms. The monoisotopic (exact) mass is 615 g/mol. The maximum absolute atomic E-state index is 13.9. The Balaban J connectivity index is 3.67. The third-order valence-corrected chi connectivity index (χ3v) is 4.79. The fourth-order valence-corrected chi connectivity index (χ4v) is 2.57. The van der Waals surface area contributed by atoms with Crippen molar-refractivity contribution in [3.8, 4) is 5.75 Å². The molecule has 1 radical (unpaired) electrons. The van der Waals surface area contributed by atoms with Gasteiger partial charge >= 0.3 is 53.6 Å². The van der Waals surface area contributed by atoms with Gasteiger partial charge in [0.05, 0.1) is 0 Å². The lowest BCUT2D eigenvalue weighted by Gasteiger charge is -2.42. The first-order valence-corrected chi connectivity index (χ1v) is 9.43. The van der Waals surface area contributed by atoms with Gasteiger partial charge in [-0.3, -0.25) is 0 Å². The summed E-state index contributed by atoms with van der Waals surface area (Å²) in [6, 6.07) is 0.176. The molecule has 0 fully saturated rings. The highest BCUT2D eigenvalue weighted by Gasteiger charge is 2.95. The highest BCUT2D eigenvalue weighted by atomic mass is 19.4. The van der Waals surface area contributed by atoms with Crippen molar-refractivity contribution in [1.29, 1.82) is 0 Å². The van der Waals surface area contributed by atoms with Crippen LogP contribution < -0.4 is 4.74 Å². The molecular formula is C19H10F19O. The Hall–Kier alpha value is -2.57. The first-order chi connectivity index (χ1) is 17.1. The SMILES string of the molecule is [CH2]CCc1ccccc1OC(F)=C(F)C(F)(F)C(F)(F)C(F)(F)C(F)(F)C(F)(F)C(F)(F)C(F)(F)C(F)(F)F. The van der Waals surface area contributed by atoms with Gasteiger partial charge in [-0.05, 0) is 24.5 Å². The lowest BCUT2D eigenvalue weighted by atomic mass is 9.88. The van der Waals surface area contributed by atoms with Crippen molar-refractivity contribution < 1.29 is 88.2 Å². The van der Waals surface area contributed by atoms with Gasteiger partial charge in [0.1, 0.15) is 5.75 Å². The van der Waals surface area contributed by atoms with Gasteiger partial charge in [-0.2, -0.15) is 83.4 Å². The van der Waals surface area contributed by atoms with Gasteiger partial charge < -0.3 is 4.74 Å². The molecule has 1 aromatic rings. The average molecular weight is 615 g/mol. The molecule has 1 nitrogen and oxygen atoms in total. The zero-order valence-electron chi connectivity index (χ0n) is 18.0. The highest BCUT2D eigenvalue weighted by Crippen LogP contribution is 2.64. The van der Waals surface area contributed by atoms with E-state index in [1.54, 1.807) is 0 Å². The van der Waals surface area contributed by atoms with Crippen LogP contribution in [-0.2, 0) is 6.42 Å². The second-order valence-electron chi connectivity index (χ2n) is 7.42. The number of allylic oxidation sites excluding steroid dienone is 1. The summed E-state index contributed by atoms with van der Waals surface area (Å²) in [7, 11) is 0. The van der Waals surface area contributed by atoms with E-state index in [9.17, 15) is 83.4 Å². The first-order valence-electron chi connectivity index (χ1n) is 9.43. The van der Waals surface area contributed by atoms with Gasteiger partial charge in [-0.1, -0.05) is 25.1 Å². The van der Waals surface area contributed by atoms with Crippen molar-refractivity contribution in [2.24, 2.45) is 0 Å². The summed E-state index contributed by atoms with van der Waals surface area (Å²) in [5.41, 5.74) is -0.227. The topological polar surface area (TPSA) is 9.23 Å². The predicted octanol–water partition coefficient (Wildman–Crippen LogP) is 8.95. The van der Waals surface area contributed by atoms with Gasteiger partial charge in [0.15, 0.2) is 0 Å². The summed E-state index contributed by atoms with van der Waals surface area (Å²) >= 11 is 0.